The van der Waals surface area contributed by atoms with Gasteiger partial charge in [0.1, 0.15) is 18.9 Å². The van der Waals surface area contributed by atoms with E-state index in [1.165, 1.54) is 0 Å². The Morgan fingerprint density at radius 2 is 1.77 bits per heavy atom. The van der Waals surface area contributed by atoms with Crippen molar-refractivity contribution in [1.29, 1.82) is 0 Å². The first-order valence-corrected chi connectivity index (χ1v) is 7.41. The summed E-state index contributed by atoms with van der Waals surface area (Å²) in [6.07, 6.45) is -4.47. The molecule has 0 aromatic heterocycles. The van der Waals surface area contributed by atoms with Crippen LogP contribution in [0.4, 0.5) is 0 Å². The Morgan fingerprint density at radius 3 is 2.23 bits per heavy atom. The lowest BCUT2D eigenvalue weighted by molar-refractivity contribution is -0.559. The van der Waals surface area contributed by atoms with Gasteiger partial charge in [-0.15, -0.1) is 5.10 Å². The van der Waals surface area contributed by atoms with Crippen LogP contribution in [0.25, 0.3) is 0 Å². The van der Waals surface area contributed by atoms with Crippen LogP contribution in [0.1, 0.15) is 20.8 Å². The maximum Gasteiger partial charge on any atom is 0.398 e. The van der Waals surface area contributed by atoms with Gasteiger partial charge in [0.05, 0.1) is 4.92 Å². The summed E-state index contributed by atoms with van der Waals surface area (Å²) in [6.45, 7) is 2.93. The summed E-state index contributed by atoms with van der Waals surface area (Å²) in [5, 5.41) is 21.7. The SMILES string of the molecule is CC(=O)OC[C@H]1O[C@@H](C2([N+](=O)[O-])C=NN=N2)[C@H](OC(C)=O)[C@@H]1OC(C)=O. The molecule has 0 N–H and O–H groups in total. The Morgan fingerprint density at radius 1 is 1.15 bits per heavy atom. The molecule has 26 heavy (non-hydrogen) atoms. The topological polar surface area (TPSA) is 168 Å². The smallest absolute Gasteiger partial charge is 0.398 e. The molecular formula is C13H16N4O9. The van der Waals surface area contributed by atoms with Gasteiger partial charge in [0.2, 0.25) is 0 Å². The summed E-state index contributed by atoms with van der Waals surface area (Å²) in [7, 11) is 0. The predicted molar refractivity (Wildman–Crippen MR) is 79.5 cm³/mol. The fourth-order valence-corrected chi connectivity index (χ4v) is 2.61. The van der Waals surface area contributed by atoms with E-state index in [0.717, 1.165) is 27.0 Å². The Hall–Kier alpha value is -2.96. The average molecular weight is 372 g/mol. The molecule has 1 unspecified atom stereocenters. The van der Waals surface area contributed by atoms with Crippen molar-refractivity contribution in [2.24, 2.45) is 15.4 Å². The van der Waals surface area contributed by atoms with E-state index >= 15 is 0 Å². The van der Waals surface area contributed by atoms with E-state index in [4.69, 9.17) is 18.9 Å². The van der Waals surface area contributed by atoms with Gasteiger partial charge >= 0.3 is 23.6 Å². The van der Waals surface area contributed by atoms with Crippen LogP contribution in [0.5, 0.6) is 0 Å². The number of hydrogen-bond acceptors (Lipinski definition) is 12. The van der Waals surface area contributed by atoms with Crippen LogP contribution >= 0.6 is 0 Å². The minimum atomic E-state index is -2.27. The lowest BCUT2D eigenvalue weighted by Crippen LogP contribution is -2.55. The number of carbonyl (C=O) groups is 3. The summed E-state index contributed by atoms with van der Waals surface area (Å²) >= 11 is 0. The summed E-state index contributed by atoms with van der Waals surface area (Å²) < 4.78 is 20.6. The Kier molecular flexibility index (Phi) is 5.59. The average Bonchev–Trinajstić information content (AvgIpc) is 3.12. The van der Waals surface area contributed by atoms with Gasteiger partial charge in [-0.25, -0.2) is 0 Å². The highest BCUT2D eigenvalue weighted by molar-refractivity contribution is 5.71. The molecule has 0 radical (unpaired) electrons. The van der Waals surface area contributed by atoms with Crippen molar-refractivity contribution in [3.05, 3.63) is 10.1 Å². The zero-order chi connectivity index (χ0) is 19.5. The third-order valence-corrected chi connectivity index (χ3v) is 3.58. The largest absolute Gasteiger partial charge is 0.463 e. The van der Waals surface area contributed by atoms with Crippen molar-refractivity contribution in [2.75, 3.05) is 6.61 Å². The van der Waals surface area contributed by atoms with Crippen LogP contribution in [0.2, 0.25) is 0 Å². The maximum atomic E-state index is 11.6. The molecule has 0 aliphatic carbocycles. The Balaban J connectivity index is 2.41. The quantitative estimate of drug-likeness (QED) is 0.261. The number of hydrogen-bond donors (Lipinski definition) is 0. The molecule has 13 nitrogen and oxygen atoms in total. The molecule has 0 saturated carbocycles. The van der Waals surface area contributed by atoms with Crippen LogP contribution in [0.15, 0.2) is 15.4 Å². The van der Waals surface area contributed by atoms with Crippen LogP contribution < -0.4 is 0 Å². The number of nitro groups is 1. The normalized spacial score (nSPS) is 32.3. The van der Waals surface area contributed by atoms with Gasteiger partial charge in [-0.05, 0) is 5.22 Å². The lowest BCUT2D eigenvalue weighted by atomic mass is 9.98. The fourth-order valence-electron chi connectivity index (χ4n) is 2.61. The monoisotopic (exact) mass is 372 g/mol. The number of carbonyl (C=O) groups excluding carboxylic acids is 3. The van der Waals surface area contributed by atoms with E-state index in [1.54, 1.807) is 0 Å². The van der Waals surface area contributed by atoms with Crippen LogP contribution in [-0.2, 0) is 33.3 Å². The Bertz CT molecular complexity index is 665. The fraction of sp³-hybridized carbons (Fsp3) is 0.692. The molecule has 0 aromatic rings. The van der Waals surface area contributed by atoms with Gasteiger partial charge in [-0.3, -0.25) is 24.5 Å². The number of esters is 3. The third-order valence-electron chi connectivity index (χ3n) is 3.58. The molecule has 2 aliphatic rings. The van der Waals surface area contributed by atoms with E-state index in [0.29, 0.717) is 0 Å². The molecule has 0 aromatic carbocycles. The first-order valence-electron chi connectivity index (χ1n) is 7.41. The van der Waals surface area contributed by atoms with Crippen molar-refractivity contribution in [2.45, 2.75) is 50.8 Å². The van der Waals surface area contributed by atoms with Crippen LogP contribution in [0, 0.1) is 10.1 Å². The molecule has 2 aliphatic heterocycles. The van der Waals surface area contributed by atoms with Gasteiger partial charge in [0, 0.05) is 20.8 Å². The highest BCUT2D eigenvalue weighted by Gasteiger charge is 2.65. The van der Waals surface area contributed by atoms with Gasteiger partial charge in [0.15, 0.2) is 18.3 Å². The lowest BCUT2D eigenvalue weighted by Gasteiger charge is -2.25. The van der Waals surface area contributed by atoms with Crippen LogP contribution in [-0.4, -0.2) is 65.7 Å². The first-order chi connectivity index (χ1) is 12.2. The van der Waals surface area contributed by atoms with Crippen LogP contribution in [0.3, 0.4) is 0 Å². The van der Waals surface area contributed by atoms with E-state index in [-0.39, 0.29) is 6.61 Å². The minimum Gasteiger partial charge on any atom is -0.463 e. The number of nitrogens with zero attached hydrogens (tertiary/aromatic N) is 4. The number of ether oxygens (including phenoxy) is 4. The zero-order valence-corrected chi connectivity index (χ0v) is 14.1. The number of rotatable bonds is 6. The van der Waals surface area contributed by atoms with Crippen molar-refractivity contribution >= 4 is 24.1 Å². The second kappa shape index (κ2) is 7.51. The second-order valence-corrected chi connectivity index (χ2v) is 5.52. The molecular weight excluding hydrogens is 356 g/mol. The van der Waals surface area contributed by atoms with Crippen molar-refractivity contribution in [3.63, 3.8) is 0 Å². The highest BCUT2D eigenvalue weighted by atomic mass is 16.7. The Labute approximate surface area is 146 Å². The molecule has 5 atom stereocenters. The molecule has 0 amide bonds. The van der Waals surface area contributed by atoms with Crippen molar-refractivity contribution in [3.8, 4) is 0 Å². The molecule has 2 heterocycles. The minimum absolute atomic E-state index is 0.385. The van der Waals surface area contributed by atoms with Crippen molar-refractivity contribution < 1.29 is 38.3 Å². The summed E-state index contributed by atoms with van der Waals surface area (Å²) in [4.78, 5) is 44.7. The molecule has 1 saturated heterocycles. The summed E-state index contributed by atoms with van der Waals surface area (Å²) in [5.41, 5.74) is -2.27. The molecule has 0 bridgehead atoms. The van der Waals surface area contributed by atoms with E-state index in [2.05, 4.69) is 15.4 Å². The molecule has 0 spiro atoms. The summed E-state index contributed by atoms with van der Waals surface area (Å²) in [5.74, 6) is -2.19. The zero-order valence-electron chi connectivity index (χ0n) is 14.1. The highest BCUT2D eigenvalue weighted by Crippen LogP contribution is 2.36. The maximum absolute atomic E-state index is 11.6. The second-order valence-electron chi connectivity index (χ2n) is 5.52. The van der Waals surface area contributed by atoms with E-state index in [9.17, 15) is 24.5 Å². The summed E-state index contributed by atoms with van der Waals surface area (Å²) in [6, 6.07) is 0. The van der Waals surface area contributed by atoms with E-state index in [1.807, 2.05) is 0 Å². The first kappa shape index (κ1) is 19.4. The molecule has 13 heteroatoms. The third kappa shape index (κ3) is 3.82. The van der Waals surface area contributed by atoms with Crippen molar-refractivity contribution in [1.82, 2.24) is 0 Å². The predicted octanol–water partition coefficient (Wildman–Crippen LogP) is -0.395. The van der Waals surface area contributed by atoms with Gasteiger partial charge in [-0.2, -0.15) is 0 Å². The molecule has 2 rings (SSSR count). The van der Waals surface area contributed by atoms with Gasteiger partial charge < -0.3 is 18.9 Å². The van der Waals surface area contributed by atoms with Gasteiger partial charge in [-0.1, -0.05) is 5.11 Å². The van der Waals surface area contributed by atoms with Gasteiger partial charge in [0.25, 0.3) is 0 Å². The molecule has 1 fully saturated rings. The standard InChI is InChI=1S/C13H16N4O9/c1-6(18)23-4-9-10(24-7(2)19)11(25-8(3)20)12(26-9)13(17(21)22)5-14-16-15-13/h5,9-12H,4H2,1-3H3/t9-,10-,11-,12-,13?/m1/s1. The molecule has 142 valence electrons. The van der Waals surface area contributed by atoms with E-state index < -0.39 is 52.9 Å².